The topological polar surface area (TPSA) is 91.0 Å². The predicted molar refractivity (Wildman–Crippen MR) is 73.1 cm³/mol. The van der Waals surface area contributed by atoms with E-state index in [4.69, 9.17) is 4.74 Å². The van der Waals surface area contributed by atoms with E-state index in [1.165, 1.54) is 29.9 Å². The van der Waals surface area contributed by atoms with Gasteiger partial charge in [0.1, 0.15) is 17.4 Å². The standard InChI is InChI=1S/C12H8N4O3S/c1-7-5-8-11(14-6-15-12(8)20-7)19-9-3-2-4-13-10(9)16(17)18/h2-6H,1H3. The highest BCUT2D eigenvalue weighted by Gasteiger charge is 2.18. The summed E-state index contributed by atoms with van der Waals surface area (Å²) in [5.74, 6) is 0.00279. The number of nitrogens with zero attached hydrogens (tertiary/aromatic N) is 4. The van der Waals surface area contributed by atoms with Gasteiger partial charge in [0.05, 0.1) is 5.39 Å². The van der Waals surface area contributed by atoms with Crippen molar-refractivity contribution >= 4 is 27.4 Å². The molecule has 0 atom stereocenters. The van der Waals surface area contributed by atoms with Gasteiger partial charge < -0.3 is 14.9 Å². The Morgan fingerprint density at radius 2 is 2.20 bits per heavy atom. The molecule has 0 aliphatic rings. The fourth-order valence-corrected chi connectivity index (χ4v) is 2.58. The monoisotopic (exact) mass is 288 g/mol. The summed E-state index contributed by atoms with van der Waals surface area (Å²) >= 11 is 1.51. The van der Waals surface area contributed by atoms with Crippen LogP contribution in [-0.2, 0) is 0 Å². The number of fused-ring (bicyclic) bond motifs is 1. The van der Waals surface area contributed by atoms with Gasteiger partial charge in [0.15, 0.2) is 0 Å². The van der Waals surface area contributed by atoms with Crippen molar-refractivity contribution in [1.29, 1.82) is 0 Å². The van der Waals surface area contributed by atoms with Crippen LogP contribution in [0.2, 0.25) is 0 Å². The molecule has 0 saturated carbocycles. The second-order valence-corrected chi connectivity index (χ2v) is 5.17. The zero-order chi connectivity index (χ0) is 14.1. The number of hydrogen-bond donors (Lipinski definition) is 0. The number of aromatic nitrogens is 3. The largest absolute Gasteiger partial charge is 0.429 e. The molecule has 8 heteroatoms. The van der Waals surface area contributed by atoms with Crippen LogP contribution in [0, 0.1) is 17.0 Å². The Labute approximate surface area is 117 Å². The lowest BCUT2D eigenvalue weighted by atomic mass is 10.3. The first-order chi connectivity index (χ1) is 9.65. The first kappa shape index (κ1) is 12.4. The zero-order valence-corrected chi connectivity index (χ0v) is 11.1. The second-order valence-electron chi connectivity index (χ2n) is 3.94. The molecule has 0 saturated heterocycles. The average molecular weight is 288 g/mol. The van der Waals surface area contributed by atoms with E-state index in [1.54, 1.807) is 6.07 Å². The Morgan fingerprint density at radius 3 is 3.00 bits per heavy atom. The van der Waals surface area contributed by atoms with Gasteiger partial charge in [-0.2, -0.15) is 0 Å². The third-order valence-electron chi connectivity index (χ3n) is 2.55. The van der Waals surface area contributed by atoms with Crippen LogP contribution in [0.1, 0.15) is 4.88 Å². The van der Waals surface area contributed by atoms with Crippen molar-refractivity contribution in [2.75, 3.05) is 0 Å². The predicted octanol–water partition coefficient (Wildman–Crippen LogP) is 3.10. The number of thiophene rings is 1. The van der Waals surface area contributed by atoms with Gasteiger partial charge in [-0.25, -0.2) is 9.97 Å². The molecule has 0 radical (unpaired) electrons. The van der Waals surface area contributed by atoms with Gasteiger partial charge in [0, 0.05) is 4.88 Å². The van der Waals surface area contributed by atoms with E-state index in [1.807, 2.05) is 13.0 Å². The number of pyridine rings is 1. The highest BCUT2D eigenvalue weighted by Crippen LogP contribution is 2.34. The molecule has 0 bridgehead atoms. The number of ether oxygens (including phenoxy) is 1. The fourth-order valence-electron chi connectivity index (χ4n) is 1.74. The van der Waals surface area contributed by atoms with Gasteiger partial charge in [-0.05, 0) is 35.0 Å². The molecule has 0 fully saturated rings. The van der Waals surface area contributed by atoms with E-state index in [9.17, 15) is 10.1 Å². The first-order valence-electron chi connectivity index (χ1n) is 5.63. The summed E-state index contributed by atoms with van der Waals surface area (Å²) in [6.45, 7) is 1.95. The summed E-state index contributed by atoms with van der Waals surface area (Å²) in [5, 5.41) is 11.6. The summed E-state index contributed by atoms with van der Waals surface area (Å²) < 4.78 is 5.55. The van der Waals surface area contributed by atoms with E-state index in [0.29, 0.717) is 0 Å². The zero-order valence-electron chi connectivity index (χ0n) is 10.3. The van der Waals surface area contributed by atoms with Crippen LogP contribution in [0.4, 0.5) is 5.82 Å². The van der Waals surface area contributed by atoms with Crippen molar-refractivity contribution in [3.63, 3.8) is 0 Å². The second kappa shape index (κ2) is 4.82. The van der Waals surface area contributed by atoms with E-state index >= 15 is 0 Å². The van der Waals surface area contributed by atoms with E-state index in [-0.39, 0.29) is 17.4 Å². The van der Waals surface area contributed by atoms with Crippen molar-refractivity contribution in [3.8, 4) is 11.6 Å². The summed E-state index contributed by atoms with van der Waals surface area (Å²) in [6.07, 6.45) is 2.71. The minimum atomic E-state index is -0.591. The Morgan fingerprint density at radius 1 is 1.35 bits per heavy atom. The van der Waals surface area contributed by atoms with Gasteiger partial charge in [-0.15, -0.1) is 11.3 Å². The molecule has 0 N–H and O–H groups in total. The molecule has 0 spiro atoms. The van der Waals surface area contributed by atoms with Gasteiger partial charge in [-0.3, -0.25) is 0 Å². The van der Waals surface area contributed by atoms with Crippen LogP contribution < -0.4 is 4.74 Å². The summed E-state index contributed by atoms with van der Waals surface area (Å²) in [7, 11) is 0. The molecule has 0 aliphatic heterocycles. The molecular formula is C12H8N4O3S. The summed E-state index contributed by atoms with van der Waals surface area (Å²) in [6, 6.07) is 4.94. The molecule has 0 aliphatic carbocycles. The van der Waals surface area contributed by atoms with Crippen LogP contribution in [0.15, 0.2) is 30.7 Å². The molecule has 20 heavy (non-hydrogen) atoms. The van der Waals surface area contributed by atoms with E-state index in [2.05, 4.69) is 15.0 Å². The van der Waals surface area contributed by atoms with Crippen molar-refractivity contribution in [2.45, 2.75) is 6.92 Å². The van der Waals surface area contributed by atoms with Crippen molar-refractivity contribution in [3.05, 3.63) is 45.7 Å². The summed E-state index contributed by atoms with van der Waals surface area (Å²) in [4.78, 5) is 24.0. The maximum atomic E-state index is 10.9. The van der Waals surface area contributed by atoms with Crippen molar-refractivity contribution in [2.24, 2.45) is 0 Å². The van der Waals surface area contributed by atoms with Crippen LogP contribution in [0.3, 0.4) is 0 Å². The number of rotatable bonds is 3. The molecular weight excluding hydrogens is 280 g/mol. The Hall–Kier alpha value is -2.61. The molecule has 3 aromatic heterocycles. The van der Waals surface area contributed by atoms with Crippen LogP contribution in [0.25, 0.3) is 10.2 Å². The number of hydrogen-bond acceptors (Lipinski definition) is 7. The minimum absolute atomic E-state index is 0.0568. The van der Waals surface area contributed by atoms with E-state index < -0.39 is 4.92 Å². The number of nitro groups is 1. The molecule has 7 nitrogen and oxygen atoms in total. The normalized spacial score (nSPS) is 10.7. The highest BCUT2D eigenvalue weighted by atomic mass is 32.1. The smallest absolute Gasteiger partial charge is 0.406 e. The Balaban J connectivity index is 2.08. The van der Waals surface area contributed by atoms with Crippen LogP contribution in [-0.4, -0.2) is 19.9 Å². The molecule has 3 aromatic rings. The summed E-state index contributed by atoms with van der Waals surface area (Å²) in [5.41, 5.74) is 0. The number of aryl methyl sites for hydroxylation is 1. The molecule has 3 heterocycles. The van der Waals surface area contributed by atoms with Gasteiger partial charge >= 0.3 is 5.82 Å². The first-order valence-corrected chi connectivity index (χ1v) is 6.45. The molecule has 0 aromatic carbocycles. The lowest BCUT2D eigenvalue weighted by molar-refractivity contribution is -0.390. The van der Waals surface area contributed by atoms with Crippen LogP contribution >= 0.6 is 11.3 Å². The van der Waals surface area contributed by atoms with Gasteiger partial charge in [0.2, 0.25) is 11.6 Å². The molecule has 0 unspecified atom stereocenters. The quantitative estimate of drug-likeness (QED) is 0.543. The Kier molecular flexibility index (Phi) is 2.99. The molecule has 3 rings (SSSR count). The third kappa shape index (κ3) is 2.16. The van der Waals surface area contributed by atoms with Crippen LogP contribution in [0.5, 0.6) is 11.6 Å². The van der Waals surface area contributed by atoms with Gasteiger partial charge in [0.25, 0.3) is 0 Å². The highest BCUT2D eigenvalue weighted by molar-refractivity contribution is 7.18. The molecule has 0 amide bonds. The maximum absolute atomic E-state index is 10.9. The van der Waals surface area contributed by atoms with E-state index in [0.717, 1.165) is 15.1 Å². The maximum Gasteiger partial charge on any atom is 0.406 e. The minimum Gasteiger partial charge on any atom is -0.429 e. The van der Waals surface area contributed by atoms with Crippen molar-refractivity contribution < 1.29 is 9.66 Å². The van der Waals surface area contributed by atoms with Gasteiger partial charge in [-0.1, -0.05) is 0 Å². The lowest BCUT2D eigenvalue weighted by Gasteiger charge is -2.04. The average Bonchev–Trinajstić information content (AvgIpc) is 2.80. The van der Waals surface area contributed by atoms with Crippen molar-refractivity contribution in [1.82, 2.24) is 15.0 Å². The lowest BCUT2D eigenvalue weighted by Crippen LogP contribution is -1.97. The molecule has 100 valence electrons. The SMILES string of the molecule is Cc1cc2c(Oc3cccnc3[N+](=O)[O-])ncnc2s1. The third-order valence-corrected chi connectivity index (χ3v) is 3.50. The Bertz CT molecular complexity index is 802. The fraction of sp³-hybridized carbons (Fsp3) is 0.0833.